The minimum Gasteiger partial charge on any atom is -0.508 e. The van der Waals surface area contributed by atoms with Gasteiger partial charge >= 0.3 is 5.97 Å². The topological polar surface area (TPSA) is 497 Å². The molecule has 0 aliphatic carbocycles. The number of hydrogen-bond acceptors (Lipinski definition) is 19. The van der Waals surface area contributed by atoms with Crippen molar-refractivity contribution in [2.45, 2.75) is 139 Å². The number of hydrogen-bond donors (Lipinski definition) is 16. The van der Waals surface area contributed by atoms with Crippen LogP contribution in [0.25, 0.3) is 0 Å². The molecule has 2 saturated heterocycles. The van der Waals surface area contributed by atoms with Crippen molar-refractivity contribution in [1.29, 1.82) is 5.41 Å². The summed E-state index contributed by atoms with van der Waals surface area (Å²) in [5, 5.41) is 53.4. The van der Waals surface area contributed by atoms with Gasteiger partial charge in [0.1, 0.15) is 60.1 Å². The van der Waals surface area contributed by atoms with Gasteiger partial charge < -0.3 is 85.5 Å². The number of amides is 11. The molecule has 33 heteroatoms. The molecule has 11 amide bonds. The van der Waals surface area contributed by atoms with Gasteiger partial charge in [-0.15, -0.1) is 0 Å². The summed E-state index contributed by atoms with van der Waals surface area (Å²) >= 11 is 0. The number of carbonyl (C=O) groups excluding carboxylic acids is 11. The number of primary amides is 1. The molecule has 10 atom stereocenters. The molecule has 0 spiro atoms. The second-order valence-corrected chi connectivity index (χ2v) is 25.0. The first-order chi connectivity index (χ1) is 43.2. The molecule has 2 aliphatic rings. The van der Waals surface area contributed by atoms with Crippen LogP contribution < -0.4 is 70.4 Å². The van der Waals surface area contributed by atoms with E-state index in [0.717, 1.165) is 21.6 Å². The molecule has 3 aromatic rings. The predicted octanol–water partition coefficient (Wildman–Crippen LogP) is -3.55. The zero-order valence-electron chi connectivity index (χ0n) is 50.7. The lowest BCUT2D eigenvalue weighted by Gasteiger charge is -2.29. The monoisotopic (exact) mass is 1300 g/mol. The van der Waals surface area contributed by atoms with Gasteiger partial charge in [-0.2, -0.15) is 0 Å². The Balaban J connectivity index is 1.61. The van der Waals surface area contributed by atoms with E-state index >= 15 is 0 Å². The maximum Gasteiger partial charge on any atom is 0.305 e. The van der Waals surface area contributed by atoms with Gasteiger partial charge in [-0.05, 0) is 78.5 Å². The Hall–Kier alpha value is -9.11. The van der Waals surface area contributed by atoms with Crippen molar-refractivity contribution in [3.63, 3.8) is 0 Å². The van der Waals surface area contributed by atoms with Crippen molar-refractivity contribution in [3.8, 4) is 5.75 Å². The highest BCUT2D eigenvalue weighted by molar-refractivity contribution is 8.76. The summed E-state index contributed by atoms with van der Waals surface area (Å²) in [4.78, 5) is 178. The molecule has 0 unspecified atom stereocenters. The molecule has 0 bridgehead atoms. The van der Waals surface area contributed by atoms with Crippen LogP contribution in [0.4, 0.5) is 0 Å². The molecule has 2 aromatic heterocycles. The average Bonchev–Trinajstić information content (AvgIpc) is 2.36. The molecule has 2 fully saturated rings. The predicted molar refractivity (Wildman–Crippen MR) is 334 cm³/mol. The van der Waals surface area contributed by atoms with Crippen LogP contribution in [-0.2, 0) is 76.8 Å². The van der Waals surface area contributed by atoms with Gasteiger partial charge in [0.25, 0.3) is 0 Å². The number of carboxylic acid groups (broad SMARTS) is 1. The third kappa shape index (κ3) is 23.7. The van der Waals surface area contributed by atoms with Crippen molar-refractivity contribution in [1.82, 2.24) is 68.0 Å². The van der Waals surface area contributed by atoms with Crippen LogP contribution in [0.2, 0.25) is 0 Å². The van der Waals surface area contributed by atoms with Crippen LogP contribution in [0, 0.1) is 17.2 Å². The zero-order valence-corrected chi connectivity index (χ0v) is 52.4. The molecule has 31 nitrogen and oxygen atoms in total. The third-order valence-corrected chi connectivity index (χ3v) is 17.1. The number of fused-ring (bicyclic) bond motifs is 1. The lowest BCUT2D eigenvalue weighted by Crippen LogP contribution is -2.61. The molecule has 5 rings (SSSR count). The fourth-order valence-corrected chi connectivity index (χ4v) is 11.8. The summed E-state index contributed by atoms with van der Waals surface area (Å²) in [6, 6.07) is -2.58. The molecule has 91 heavy (non-hydrogen) atoms. The largest absolute Gasteiger partial charge is 0.508 e. The standard InChI is InChI=1S/C58H81N17O14S2/c1-30(2)46(59)56(88)71-38(21-32-13-15-35(76)16-14-32)50(82)72-41-28-90-91-29-42(54(86)68-37(48(60)80)22-33-9-5-17-63-25-33)73-51(83)39(23-34-10-6-18-64-26-34)70-55(87)43-12-8-20-75(43)44(77)27-66-57(89)47(31(3)4)74-52(84)40(24-45(78)79)69-49(81)36(67-53(41)85)11-7-19-65-58(61)62/h5-6,9-10,13-18,25-26,30-31,36-43,46-47,76H,7-8,11-12,19-24,27-29,59H2,1-4H3,(H2,60,80)(H,66,89)(H,67,85)(H,68,86)(H,69,81)(H,70,87)(H,71,88)(H,72,82)(H,73,83)(H,74,84)(H,78,79)(H4,61,62,65)/t36-,37-,38-,39-,40-,41-,42-,43-,46-,47-/m0/s1. The number of nitrogens with zero attached hydrogens (tertiary/aromatic N) is 3. The lowest BCUT2D eigenvalue weighted by molar-refractivity contribution is -0.142. The molecule has 0 saturated carbocycles. The number of phenolic OH excluding ortho intramolecular Hbond substituents is 1. The van der Waals surface area contributed by atoms with Crippen LogP contribution >= 0.6 is 21.6 Å². The normalized spacial score (nSPS) is 22.0. The first-order valence-corrected chi connectivity index (χ1v) is 31.8. The van der Waals surface area contributed by atoms with Crippen LogP contribution in [0.5, 0.6) is 5.75 Å². The van der Waals surface area contributed by atoms with Gasteiger partial charge in [-0.1, -0.05) is 73.5 Å². The Morgan fingerprint density at radius 3 is 1.96 bits per heavy atom. The lowest BCUT2D eigenvalue weighted by atomic mass is 10.0. The number of benzene rings is 1. The zero-order chi connectivity index (χ0) is 66.9. The van der Waals surface area contributed by atoms with Crippen molar-refractivity contribution in [2.75, 3.05) is 31.1 Å². The van der Waals surface area contributed by atoms with Gasteiger partial charge in [-0.25, -0.2) is 0 Å². The van der Waals surface area contributed by atoms with E-state index in [4.69, 9.17) is 22.6 Å². The molecule has 494 valence electrons. The first-order valence-electron chi connectivity index (χ1n) is 29.4. The molecule has 0 radical (unpaired) electrons. The van der Waals surface area contributed by atoms with Gasteiger partial charge in [0.2, 0.25) is 65.0 Å². The van der Waals surface area contributed by atoms with Crippen LogP contribution in [0.1, 0.15) is 76.5 Å². The highest BCUT2D eigenvalue weighted by Gasteiger charge is 2.39. The number of nitrogens with one attached hydrogen (secondary N) is 11. The smallest absolute Gasteiger partial charge is 0.305 e. The first kappa shape index (κ1) is 72.6. The molecule has 4 heterocycles. The highest BCUT2D eigenvalue weighted by Crippen LogP contribution is 2.25. The summed E-state index contributed by atoms with van der Waals surface area (Å²) < 4.78 is 0. The Labute approximate surface area is 532 Å². The Kier molecular flexibility index (Phi) is 28.7. The molecule has 1 aromatic carbocycles. The third-order valence-electron chi connectivity index (χ3n) is 14.6. The van der Waals surface area contributed by atoms with E-state index in [1.165, 1.54) is 54.0 Å². The van der Waals surface area contributed by atoms with Crippen molar-refractivity contribution in [2.24, 2.45) is 29.0 Å². The average molecular weight is 1300 g/mol. The van der Waals surface area contributed by atoms with Gasteiger partial charge in [-0.3, -0.25) is 72.9 Å². The molecule has 19 N–H and O–H groups in total. The minimum absolute atomic E-state index is 0.000500. The van der Waals surface area contributed by atoms with Crippen LogP contribution in [-0.4, -0.2) is 194 Å². The summed E-state index contributed by atoms with van der Waals surface area (Å²) in [5.41, 5.74) is 18.9. The number of pyridine rings is 2. The molecule has 2 aliphatic heterocycles. The number of aliphatic carboxylic acids is 1. The van der Waals surface area contributed by atoms with Gasteiger partial charge in [0, 0.05) is 68.6 Å². The number of carboxylic acids is 1. The second-order valence-electron chi connectivity index (χ2n) is 22.4. The maximum atomic E-state index is 14.9. The summed E-state index contributed by atoms with van der Waals surface area (Å²) in [7, 11) is 1.76. The van der Waals surface area contributed by atoms with Gasteiger partial charge in [0.05, 0.1) is 19.0 Å². The number of guanidine groups is 1. The number of phenols is 1. The Morgan fingerprint density at radius 2 is 1.34 bits per heavy atom. The molecular weight excluding hydrogens is 1220 g/mol. The second kappa shape index (κ2) is 35.9. The Bertz CT molecular complexity index is 3060. The Morgan fingerprint density at radius 1 is 0.725 bits per heavy atom. The maximum absolute atomic E-state index is 14.9. The number of aromatic hydroxyl groups is 1. The van der Waals surface area contributed by atoms with E-state index in [9.17, 15) is 67.7 Å². The SMILES string of the molecule is CC(C)[C@H](N)C(=O)N[C@@H](Cc1ccc(O)cc1)C(=O)N[C@H]1CSSC[C@@H](C(=O)N[C@@H](Cc2cccnc2)C(N)=O)NC(=O)[C@H](Cc2cccnc2)NC(=O)[C@@H]2CCCN2C(=O)CNC(=O)[C@H](C(C)C)NC(=O)[C@H](CC(=O)O)NC(=O)[C@H](CCCNC(=N)N)NC1=O. The van der Waals surface area contributed by atoms with Crippen molar-refractivity contribution < 1.29 is 67.7 Å². The number of rotatable bonds is 21. The minimum atomic E-state index is -1.90. The number of nitrogens with two attached hydrogens (primary N) is 3. The fraction of sp³-hybridized carbons (Fsp3) is 0.500. The van der Waals surface area contributed by atoms with E-state index in [-0.39, 0.29) is 63.1 Å². The number of aromatic nitrogens is 2. The van der Waals surface area contributed by atoms with E-state index in [2.05, 4.69) is 63.1 Å². The van der Waals surface area contributed by atoms with E-state index < -0.39 is 168 Å². The summed E-state index contributed by atoms with van der Waals surface area (Å²) in [5.74, 6) is -14.2. The van der Waals surface area contributed by atoms with E-state index in [1.807, 2.05) is 0 Å². The van der Waals surface area contributed by atoms with E-state index in [1.54, 1.807) is 52.0 Å². The summed E-state index contributed by atoms with van der Waals surface area (Å²) in [6.07, 6.45) is 4.52. The van der Waals surface area contributed by atoms with Crippen LogP contribution in [0.15, 0.2) is 73.3 Å². The van der Waals surface area contributed by atoms with Crippen molar-refractivity contribution >= 4 is 98.5 Å². The summed E-state index contributed by atoms with van der Waals surface area (Å²) in [6.45, 7) is 5.80. The quantitative estimate of drug-likeness (QED) is 0.0213. The fourth-order valence-electron chi connectivity index (χ4n) is 9.50. The highest BCUT2D eigenvalue weighted by atomic mass is 33.1. The van der Waals surface area contributed by atoms with Gasteiger partial charge in [0.15, 0.2) is 5.96 Å². The molecular formula is C58H81N17O14S2. The number of carbonyl (C=O) groups is 12. The van der Waals surface area contributed by atoms with E-state index in [0.29, 0.717) is 23.1 Å². The van der Waals surface area contributed by atoms with Crippen molar-refractivity contribution in [3.05, 3.63) is 90.0 Å². The van der Waals surface area contributed by atoms with Crippen LogP contribution in [0.3, 0.4) is 0 Å².